The van der Waals surface area contributed by atoms with Crippen LogP contribution in [0, 0.1) is 0 Å². The van der Waals surface area contributed by atoms with Crippen LogP contribution in [0.4, 0.5) is 0 Å². The van der Waals surface area contributed by atoms with Crippen LogP contribution in [0.1, 0.15) is 30.0 Å². The number of ether oxygens (including phenoxy) is 1. The zero-order chi connectivity index (χ0) is 23.5. The monoisotopic (exact) mass is 446 g/mol. The van der Waals surface area contributed by atoms with Crippen molar-refractivity contribution in [2.75, 3.05) is 0 Å². The molecule has 2 heterocycles. The summed E-state index contributed by atoms with van der Waals surface area (Å²) in [5.41, 5.74) is 7.52. The Kier molecular flexibility index (Phi) is 5.70. The number of rotatable bonds is 6. The van der Waals surface area contributed by atoms with Gasteiger partial charge in [0.2, 0.25) is 0 Å². The number of hydrogen-bond acceptors (Lipinski definition) is 5. The summed E-state index contributed by atoms with van der Waals surface area (Å²) in [4.78, 5) is 21.0. The number of aromatic nitrogens is 4. The minimum Gasteiger partial charge on any atom is -0.423 e. The number of carbonyl (C=O) groups is 1. The molecular formula is C28H22N4O2. The maximum absolute atomic E-state index is 12.1. The van der Waals surface area contributed by atoms with Crippen molar-refractivity contribution in [3.8, 4) is 5.75 Å². The molecule has 1 N–H and O–H groups in total. The molecule has 0 atom stereocenters. The van der Waals surface area contributed by atoms with Gasteiger partial charge in [-0.3, -0.25) is 15.1 Å². The topological polar surface area (TPSA) is 80.8 Å². The van der Waals surface area contributed by atoms with E-state index in [4.69, 9.17) is 4.74 Å². The molecule has 0 saturated carbocycles. The molecule has 0 fully saturated rings. The van der Waals surface area contributed by atoms with E-state index in [0.717, 1.165) is 56.2 Å². The van der Waals surface area contributed by atoms with Crippen LogP contribution in [0.2, 0.25) is 0 Å². The fraction of sp³-hybridized carbons (Fsp3) is 0.0714. The van der Waals surface area contributed by atoms with Gasteiger partial charge in [0.05, 0.1) is 22.7 Å². The first kappa shape index (κ1) is 21.3. The Labute approximate surface area is 196 Å². The van der Waals surface area contributed by atoms with Gasteiger partial charge < -0.3 is 4.74 Å². The van der Waals surface area contributed by atoms with Gasteiger partial charge in [0.1, 0.15) is 5.75 Å². The first-order valence-corrected chi connectivity index (χ1v) is 11.0. The SMILES string of the molecule is C=CC(=O)Oc1ccccc1/C(=C(\CC)c1ccc2nccnc2c1)c1ccc2[nH]ncc2c1. The van der Waals surface area contributed by atoms with Crippen LogP contribution < -0.4 is 4.74 Å². The minimum absolute atomic E-state index is 0.473. The smallest absolute Gasteiger partial charge is 0.335 e. The number of nitrogens with zero attached hydrogens (tertiary/aromatic N) is 3. The average molecular weight is 447 g/mol. The largest absolute Gasteiger partial charge is 0.423 e. The number of hydrogen-bond donors (Lipinski definition) is 1. The van der Waals surface area contributed by atoms with Crippen molar-refractivity contribution >= 4 is 39.1 Å². The molecular weight excluding hydrogens is 424 g/mol. The summed E-state index contributed by atoms with van der Waals surface area (Å²) >= 11 is 0. The van der Waals surface area contributed by atoms with Gasteiger partial charge in [-0.15, -0.1) is 0 Å². The number of benzene rings is 3. The molecule has 6 nitrogen and oxygen atoms in total. The number of esters is 1. The van der Waals surface area contributed by atoms with E-state index in [9.17, 15) is 4.79 Å². The summed E-state index contributed by atoms with van der Waals surface area (Å²) in [5.74, 6) is -0.0302. The number of nitrogens with one attached hydrogen (secondary N) is 1. The lowest BCUT2D eigenvalue weighted by atomic mass is 9.87. The summed E-state index contributed by atoms with van der Waals surface area (Å²) in [6.07, 6.45) is 7.10. The average Bonchev–Trinajstić information content (AvgIpc) is 3.35. The second kappa shape index (κ2) is 9.11. The number of H-pyrrole nitrogens is 1. The quantitative estimate of drug-likeness (QED) is 0.150. The Bertz CT molecular complexity index is 1570. The molecule has 34 heavy (non-hydrogen) atoms. The first-order valence-electron chi connectivity index (χ1n) is 11.0. The van der Waals surface area contributed by atoms with E-state index < -0.39 is 5.97 Å². The number of carbonyl (C=O) groups excluding carboxylic acids is 1. The molecule has 166 valence electrons. The maximum Gasteiger partial charge on any atom is 0.335 e. The molecule has 0 radical (unpaired) electrons. The van der Waals surface area contributed by atoms with E-state index in [1.54, 1.807) is 24.7 Å². The predicted molar refractivity (Wildman–Crippen MR) is 134 cm³/mol. The van der Waals surface area contributed by atoms with Gasteiger partial charge in [0.15, 0.2) is 0 Å². The predicted octanol–water partition coefficient (Wildman–Crippen LogP) is 5.97. The molecule has 3 aromatic carbocycles. The number of para-hydroxylation sites is 1. The van der Waals surface area contributed by atoms with Gasteiger partial charge in [-0.2, -0.15) is 5.10 Å². The molecule has 0 unspecified atom stereocenters. The van der Waals surface area contributed by atoms with Crippen LogP contribution in [0.5, 0.6) is 5.75 Å². The van der Waals surface area contributed by atoms with Crippen molar-refractivity contribution < 1.29 is 9.53 Å². The van der Waals surface area contributed by atoms with Crippen molar-refractivity contribution in [3.63, 3.8) is 0 Å². The number of allylic oxidation sites excluding steroid dienone is 1. The Morgan fingerprint density at radius 3 is 2.62 bits per heavy atom. The van der Waals surface area contributed by atoms with Crippen molar-refractivity contribution in [2.45, 2.75) is 13.3 Å². The standard InChI is InChI=1S/C28H22N4O2/c1-3-21(18-9-12-24-25(16-18)30-14-13-29-24)28(19-10-11-23-20(15-19)17-31-32-23)22-7-5-6-8-26(22)34-27(33)4-2/h4-17H,2-3H2,1H3,(H,31,32)/b28-21+. The van der Waals surface area contributed by atoms with E-state index in [1.807, 2.05) is 30.3 Å². The molecule has 5 rings (SSSR count). The second-order valence-corrected chi connectivity index (χ2v) is 7.76. The Morgan fingerprint density at radius 2 is 1.79 bits per heavy atom. The number of aromatic amines is 1. The summed E-state index contributed by atoms with van der Waals surface area (Å²) in [7, 11) is 0. The lowest BCUT2D eigenvalue weighted by Gasteiger charge is -2.19. The van der Waals surface area contributed by atoms with Gasteiger partial charge in [-0.25, -0.2) is 4.79 Å². The molecule has 5 aromatic rings. The molecule has 0 aliphatic heterocycles. The highest BCUT2D eigenvalue weighted by atomic mass is 16.5. The summed E-state index contributed by atoms with van der Waals surface area (Å²) in [5, 5.41) is 8.16. The van der Waals surface area contributed by atoms with Gasteiger partial charge in [0.25, 0.3) is 0 Å². The van der Waals surface area contributed by atoms with Crippen LogP contribution in [-0.2, 0) is 4.79 Å². The van der Waals surface area contributed by atoms with Crippen molar-refractivity contribution in [1.82, 2.24) is 20.2 Å². The second-order valence-electron chi connectivity index (χ2n) is 7.76. The van der Waals surface area contributed by atoms with Gasteiger partial charge in [-0.1, -0.05) is 43.8 Å². The lowest BCUT2D eigenvalue weighted by Crippen LogP contribution is -2.06. The van der Waals surface area contributed by atoms with Gasteiger partial charge in [0, 0.05) is 29.4 Å². The van der Waals surface area contributed by atoms with Gasteiger partial charge >= 0.3 is 5.97 Å². The van der Waals surface area contributed by atoms with E-state index >= 15 is 0 Å². The van der Waals surface area contributed by atoms with E-state index in [-0.39, 0.29) is 0 Å². The maximum atomic E-state index is 12.1. The van der Waals surface area contributed by atoms with Crippen molar-refractivity contribution in [2.24, 2.45) is 0 Å². The van der Waals surface area contributed by atoms with Crippen LogP contribution in [0.3, 0.4) is 0 Å². The van der Waals surface area contributed by atoms with Crippen molar-refractivity contribution in [3.05, 3.63) is 109 Å². The summed E-state index contributed by atoms with van der Waals surface area (Å²) in [6.45, 7) is 5.65. The first-order chi connectivity index (χ1) is 16.7. The zero-order valence-electron chi connectivity index (χ0n) is 18.7. The fourth-order valence-electron chi connectivity index (χ4n) is 4.18. The van der Waals surface area contributed by atoms with E-state index in [1.165, 1.54) is 6.08 Å². The third kappa shape index (κ3) is 3.97. The van der Waals surface area contributed by atoms with Crippen molar-refractivity contribution in [1.29, 1.82) is 0 Å². The summed E-state index contributed by atoms with van der Waals surface area (Å²) in [6, 6.07) is 19.8. The molecule has 0 saturated heterocycles. The Morgan fingerprint density at radius 1 is 1.00 bits per heavy atom. The molecule has 0 amide bonds. The molecule has 2 aromatic heterocycles. The Hall–Kier alpha value is -4.58. The van der Waals surface area contributed by atoms with Gasteiger partial charge in [-0.05, 0) is 59.0 Å². The van der Waals surface area contributed by atoms with Crippen LogP contribution >= 0.6 is 0 Å². The molecule has 0 aliphatic carbocycles. The highest BCUT2D eigenvalue weighted by Gasteiger charge is 2.19. The van der Waals surface area contributed by atoms with Crippen LogP contribution in [-0.4, -0.2) is 26.1 Å². The van der Waals surface area contributed by atoms with Crippen LogP contribution in [0.15, 0.2) is 91.9 Å². The Balaban J connectivity index is 1.80. The fourth-order valence-corrected chi connectivity index (χ4v) is 4.18. The summed E-state index contributed by atoms with van der Waals surface area (Å²) < 4.78 is 5.64. The lowest BCUT2D eigenvalue weighted by molar-refractivity contribution is -0.128. The normalized spacial score (nSPS) is 11.9. The molecule has 0 aliphatic rings. The highest BCUT2D eigenvalue weighted by molar-refractivity contribution is 6.03. The third-order valence-corrected chi connectivity index (χ3v) is 5.74. The zero-order valence-corrected chi connectivity index (χ0v) is 18.7. The van der Waals surface area contributed by atoms with Crippen LogP contribution in [0.25, 0.3) is 33.1 Å². The highest BCUT2D eigenvalue weighted by Crippen LogP contribution is 2.39. The van der Waals surface area contributed by atoms with E-state index in [0.29, 0.717) is 5.75 Å². The van der Waals surface area contributed by atoms with E-state index in [2.05, 4.69) is 57.9 Å². The molecule has 0 spiro atoms. The molecule has 6 heteroatoms. The number of fused-ring (bicyclic) bond motifs is 2. The third-order valence-electron chi connectivity index (χ3n) is 5.74. The molecule has 0 bridgehead atoms. The minimum atomic E-state index is -0.504.